The Morgan fingerprint density at radius 2 is 2.14 bits per heavy atom. The van der Waals surface area contributed by atoms with Gasteiger partial charge in [0.25, 0.3) is 0 Å². The van der Waals surface area contributed by atoms with Crippen LogP contribution >= 0.6 is 11.3 Å². The van der Waals surface area contributed by atoms with Gasteiger partial charge in [0.05, 0.1) is 5.75 Å². The lowest BCUT2D eigenvalue weighted by Crippen LogP contribution is -2.44. The summed E-state index contributed by atoms with van der Waals surface area (Å²) < 4.78 is 22.4. The van der Waals surface area contributed by atoms with E-state index in [1.54, 1.807) is 18.4 Å². The summed E-state index contributed by atoms with van der Waals surface area (Å²) in [5.74, 6) is 1.41. The predicted octanol–water partition coefficient (Wildman–Crippen LogP) is 1.91. The first-order valence-corrected chi connectivity index (χ1v) is 10.4. The van der Waals surface area contributed by atoms with Crippen molar-refractivity contribution in [2.24, 2.45) is 10.9 Å². The molecule has 0 spiro atoms. The van der Waals surface area contributed by atoms with Crippen molar-refractivity contribution in [3.63, 3.8) is 0 Å². The van der Waals surface area contributed by atoms with Crippen LogP contribution in [0.1, 0.15) is 25.1 Å². The van der Waals surface area contributed by atoms with Crippen LogP contribution in [0.3, 0.4) is 0 Å². The molecule has 0 saturated heterocycles. The van der Waals surface area contributed by atoms with Crippen LogP contribution < -0.4 is 10.6 Å². The fourth-order valence-corrected chi connectivity index (χ4v) is 3.66. The summed E-state index contributed by atoms with van der Waals surface area (Å²) in [4.78, 5) is 5.58. The van der Waals surface area contributed by atoms with Crippen LogP contribution in [0.15, 0.2) is 22.5 Å². The topological polar surface area (TPSA) is 70.6 Å². The maximum Gasteiger partial charge on any atom is 0.191 e. The summed E-state index contributed by atoms with van der Waals surface area (Å²) in [6.45, 7) is 5.00. The average molecular weight is 346 g/mol. The van der Waals surface area contributed by atoms with Gasteiger partial charge in [0.15, 0.2) is 5.96 Å². The van der Waals surface area contributed by atoms with Gasteiger partial charge >= 0.3 is 0 Å². The van der Waals surface area contributed by atoms with E-state index in [4.69, 9.17) is 0 Å². The number of aliphatic imine (C=N–C) groups is 1. The monoisotopic (exact) mass is 345 g/mol. The number of hydrogen-bond donors (Lipinski definition) is 2. The third-order valence-electron chi connectivity index (χ3n) is 3.28. The van der Waals surface area contributed by atoms with Crippen LogP contribution in [0.4, 0.5) is 0 Å². The van der Waals surface area contributed by atoms with Gasteiger partial charge in [-0.05, 0) is 37.1 Å². The van der Waals surface area contributed by atoms with Crippen LogP contribution in [0.25, 0.3) is 0 Å². The first-order chi connectivity index (χ1) is 10.3. The minimum atomic E-state index is -2.92. The standard InChI is InChI=1S/C15H27N3O2S2/c1-12(10-14-6-5-8-21-14)11-17-15(16-3)18-13(2)7-9-22(4,19)20/h5-6,8,12-13H,7,9-11H2,1-4H3,(H2,16,17,18). The first-order valence-electron chi connectivity index (χ1n) is 7.47. The van der Waals surface area contributed by atoms with Crippen LogP contribution in [0.5, 0.6) is 0 Å². The molecule has 5 nitrogen and oxygen atoms in total. The molecule has 22 heavy (non-hydrogen) atoms. The average Bonchev–Trinajstić information content (AvgIpc) is 2.93. The maximum absolute atomic E-state index is 11.2. The quantitative estimate of drug-likeness (QED) is 0.558. The van der Waals surface area contributed by atoms with Crippen molar-refractivity contribution in [1.29, 1.82) is 0 Å². The number of guanidine groups is 1. The molecule has 1 aromatic heterocycles. The zero-order chi connectivity index (χ0) is 16.6. The Kier molecular flexibility index (Phi) is 7.89. The smallest absolute Gasteiger partial charge is 0.191 e. The van der Waals surface area contributed by atoms with E-state index in [9.17, 15) is 8.42 Å². The maximum atomic E-state index is 11.2. The largest absolute Gasteiger partial charge is 0.356 e. The minimum Gasteiger partial charge on any atom is -0.356 e. The zero-order valence-electron chi connectivity index (χ0n) is 13.8. The third-order valence-corrected chi connectivity index (χ3v) is 5.15. The van der Waals surface area contributed by atoms with E-state index in [1.165, 1.54) is 11.1 Å². The lowest BCUT2D eigenvalue weighted by Gasteiger charge is -2.19. The highest BCUT2D eigenvalue weighted by Crippen LogP contribution is 2.13. The Morgan fingerprint density at radius 1 is 1.41 bits per heavy atom. The van der Waals surface area contributed by atoms with Crippen molar-refractivity contribution >= 4 is 27.1 Å². The van der Waals surface area contributed by atoms with Crippen LogP contribution in [-0.4, -0.2) is 46.0 Å². The van der Waals surface area contributed by atoms with E-state index in [-0.39, 0.29) is 11.8 Å². The Morgan fingerprint density at radius 3 is 2.68 bits per heavy atom. The minimum absolute atomic E-state index is 0.0635. The van der Waals surface area contributed by atoms with Gasteiger partial charge in [-0.25, -0.2) is 8.42 Å². The van der Waals surface area contributed by atoms with Crippen molar-refractivity contribution in [2.75, 3.05) is 25.6 Å². The normalized spacial score (nSPS) is 15.4. The summed E-state index contributed by atoms with van der Waals surface area (Å²) in [7, 11) is -1.19. The van der Waals surface area contributed by atoms with Gasteiger partial charge in [-0.3, -0.25) is 4.99 Å². The highest BCUT2D eigenvalue weighted by Gasteiger charge is 2.10. The summed E-state index contributed by atoms with van der Waals surface area (Å²) in [6.07, 6.45) is 2.88. The van der Waals surface area contributed by atoms with E-state index < -0.39 is 9.84 Å². The molecule has 1 heterocycles. The van der Waals surface area contributed by atoms with Crippen molar-refractivity contribution in [3.05, 3.63) is 22.4 Å². The van der Waals surface area contributed by atoms with Gasteiger partial charge in [0, 0.05) is 30.8 Å². The molecule has 0 aliphatic rings. The first kappa shape index (κ1) is 19.0. The second kappa shape index (κ2) is 9.15. The highest BCUT2D eigenvalue weighted by molar-refractivity contribution is 7.90. The molecule has 0 aromatic carbocycles. The highest BCUT2D eigenvalue weighted by atomic mass is 32.2. The van der Waals surface area contributed by atoms with E-state index in [1.807, 2.05) is 6.92 Å². The Hall–Kier alpha value is -1.08. The van der Waals surface area contributed by atoms with Gasteiger partial charge in [-0.2, -0.15) is 0 Å². The Balaban J connectivity index is 2.32. The molecule has 0 amide bonds. The molecule has 126 valence electrons. The molecule has 0 radical (unpaired) electrons. The van der Waals surface area contributed by atoms with E-state index >= 15 is 0 Å². The zero-order valence-corrected chi connectivity index (χ0v) is 15.4. The molecule has 2 unspecified atom stereocenters. The van der Waals surface area contributed by atoms with E-state index in [0.29, 0.717) is 12.3 Å². The summed E-state index contributed by atoms with van der Waals surface area (Å²) >= 11 is 1.78. The summed E-state index contributed by atoms with van der Waals surface area (Å²) in [5, 5.41) is 8.63. The molecule has 0 fully saturated rings. The van der Waals surface area contributed by atoms with Crippen molar-refractivity contribution in [2.45, 2.75) is 32.7 Å². The number of sulfone groups is 1. The Bertz CT molecular complexity index is 553. The predicted molar refractivity (Wildman–Crippen MR) is 95.5 cm³/mol. The molecule has 0 bridgehead atoms. The molecule has 7 heteroatoms. The van der Waals surface area contributed by atoms with Gasteiger partial charge in [0.1, 0.15) is 9.84 Å². The summed E-state index contributed by atoms with van der Waals surface area (Å²) in [5.41, 5.74) is 0. The SMILES string of the molecule is CN=C(NCC(C)Cc1cccs1)NC(C)CCS(C)(=O)=O. The molecular formula is C15H27N3O2S2. The molecule has 0 saturated carbocycles. The number of rotatable bonds is 8. The summed E-state index contributed by atoms with van der Waals surface area (Å²) in [6, 6.07) is 4.29. The van der Waals surface area contributed by atoms with Crippen molar-refractivity contribution in [1.82, 2.24) is 10.6 Å². The number of nitrogens with zero attached hydrogens (tertiary/aromatic N) is 1. The number of hydrogen-bond acceptors (Lipinski definition) is 4. The third kappa shape index (κ3) is 8.38. The van der Waals surface area contributed by atoms with Crippen molar-refractivity contribution < 1.29 is 8.42 Å². The van der Waals surface area contributed by atoms with Crippen LogP contribution in [0.2, 0.25) is 0 Å². The van der Waals surface area contributed by atoms with Crippen LogP contribution in [-0.2, 0) is 16.3 Å². The fourth-order valence-electron chi connectivity index (χ4n) is 2.01. The molecule has 2 N–H and O–H groups in total. The van der Waals surface area contributed by atoms with E-state index in [0.717, 1.165) is 18.9 Å². The fraction of sp³-hybridized carbons (Fsp3) is 0.667. The molecule has 1 aromatic rings. The molecule has 1 rings (SSSR count). The number of thiophene rings is 1. The Labute approximate surface area is 138 Å². The van der Waals surface area contributed by atoms with Gasteiger partial charge in [-0.1, -0.05) is 13.0 Å². The molecule has 0 aliphatic carbocycles. The second-order valence-corrected chi connectivity index (χ2v) is 9.10. The van der Waals surface area contributed by atoms with Crippen LogP contribution in [0, 0.1) is 5.92 Å². The van der Waals surface area contributed by atoms with E-state index in [2.05, 4.69) is 40.1 Å². The molecule has 0 aliphatic heterocycles. The van der Waals surface area contributed by atoms with Crippen molar-refractivity contribution in [3.8, 4) is 0 Å². The number of nitrogens with one attached hydrogen (secondary N) is 2. The van der Waals surface area contributed by atoms with Gasteiger partial charge < -0.3 is 10.6 Å². The lowest BCUT2D eigenvalue weighted by molar-refractivity contribution is 0.549. The lowest BCUT2D eigenvalue weighted by atomic mass is 10.1. The van der Waals surface area contributed by atoms with Gasteiger partial charge in [0.2, 0.25) is 0 Å². The molecule has 2 atom stereocenters. The molecular weight excluding hydrogens is 318 g/mol. The second-order valence-electron chi connectivity index (χ2n) is 5.81. The van der Waals surface area contributed by atoms with Gasteiger partial charge in [-0.15, -0.1) is 11.3 Å².